The minimum atomic E-state index is 0.519. The number of benzene rings is 1. The third-order valence-corrected chi connectivity index (χ3v) is 3.71. The summed E-state index contributed by atoms with van der Waals surface area (Å²) < 4.78 is 1.17. The van der Waals surface area contributed by atoms with E-state index in [1.165, 1.54) is 36.0 Å². The first-order valence-electron chi connectivity index (χ1n) is 5.95. The molecule has 2 rings (SSSR count). The zero-order chi connectivity index (χ0) is 11.4. The highest BCUT2D eigenvalue weighted by Crippen LogP contribution is 2.26. The Kier molecular flexibility index (Phi) is 4.38. The van der Waals surface area contributed by atoms with E-state index in [1.54, 1.807) is 0 Å². The summed E-state index contributed by atoms with van der Waals surface area (Å²) in [5.74, 6) is 0. The van der Waals surface area contributed by atoms with E-state index in [4.69, 9.17) is 0 Å². The van der Waals surface area contributed by atoms with Crippen LogP contribution >= 0.6 is 15.9 Å². The van der Waals surface area contributed by atoms with E-state index < -0.39 is 0 Å². The average molecular weight is 283 g/mol. The normalized spacial score (nSPS) is 18.9. The Hall–Kier alpha value is -0.380. The van der Waals surface area contributed by atoms with Crippen LogP contribution < -0.4 is 5.32 Å². The van der Waals surface area contributed by atoms with Gasteiger partial charge in [0.2, 0.25) is 0 Å². The van der Waals surface area contributed by atoms with Crippen LogP contribution in [0.1, 0.15) is 24.4 Å². The molecular formula is C13H19BrN2. The van der Waals surface area contributed by atoms with Gasteiger partial charge in [-0.3, -0.25) is 4.90 Å². The van der Waals surface area contributed by atoms with Gasteiger partial charge in [0.25, 0.3) is 0 Å². The van der Waals surface area contributed by atoms with Gasteiger partial charge in [0.15, 0.2) is 0 Å². The van der Waals surface area contributed by atoms with E-state index in [-0.39, 0.29) is 0 Å². The van der Waals surface area contributed by atoms with Crippen molar-refractivity contribution in [3.05, 3.63) is 34.3 Å². The van der Waals surface area contributed by atoms with Crippen LogP contribution in [0.4, 0.5) is 0 Å². The van der Waals surface area contributed by atoms with E-state index in [9.17, 15) is 0 Å². The fourth-order valence-electron chi connectivity index (χ4n) is 2.42. The lowest BCUT2D eigenvalue weighted by Gasteiger charge is -2.27. The molecule has 1 fully saturated rings. The summed E-state index contributed by atoms with van der Waals surface area (Å²) in [6.45, 7) is 3.49. The number of likely N-dealkylation sites (tertiary alicyclic amines) is 1. The van der Waals surface area contributed by atoms with Crippen LogP contribution in [0.25, 0.3) is 0 Å². The van der Waals surface area contributed by atoms with Crippen LogP contribution in [0.2, 0.25) is 0 Å². The molecule has 0 radical (unpaired) electrons. The summed E-state index contributed by atoms with van der Waals surface area (Å²) in [6, 6.07) is 9.19. The molecule has 1 saturated heterocycles. The lowest BCUT2D eigenvalue weighted by atomic mass is 10.1. The molecule has 1 aliphatic heterocycles. The van der Waals surface area contributed by atoms with E-state index in [1.807, 2.05) is 7.05 Å². The summed E-state index contributed by atoms with van der Waals surface area (Å²) in [7, 11) is 2.03. The minimum absolute atomic E-state index is 0.519. The molecular weight excluding hydrogens is 264 g/mol. The lowest BCUT2D eigenvalue weighted by molar-refractivity contribution is 0.242. The highest BCUT2D eigenvalue weighted by atomic mass is 79.9. The van der Waals surface area contributed by atoms with E-state index in [2.05, 4.69) is 50.4 Å². The molecule has 1 atom stereocenters. The van der Waals surface area contributed by atoms with Crippen molar-refractivity contribution in [2.24, 2.45) is 0 Å². The van der Waals surface area contributed by atoms with Crippen molar-refractivity contribution in [1.82, 2.24) is 10.2 Å². The first-order chi connectivity index (χ1) is 7.81. The second-order valence-electron chi connectivity index (χ2n) is 4.37. The molecule has 1 unspecified atom stereocenters. The molecule has 0 spiro atoms. The first-order valence-corrected chi connectivity index (χ1v) is 6.74. The number of likely N-dealkylation sites (N-methyl/N-ethyl adjacent to an activating group) is 1. The Morgan fingerprint density at radius 2 is 2.12 bits per heavy atom. The van der Waals surface area contributed by atoms with Crippen molar-refractivity contribution in [3.8, 4) is 0 Å². The molecule has 88 valence electrons. The summed E-state index contributed by atoms with van der Waals surface area (Å²) in [5.41, 5.74) is 1.41. The van der Waals surface area contributed by atoms with Crippen molar-refractivity contribution in [3.63, 3.8) is 0 Å². The summed E-state index contributed by atoms with van der Waals surface area (Å²) >= 11 is 3.55. The van der Waals surface area contributed by atoms with Crippen molar-refractivity contribution < 1.29 is 0 Å². The molecule has 1 aromatic rings. The number of rotatable bonds is 4. The fraction of sp³-hybridized carbons (Fsp3) is 0.538. The van der Waals surface area contributed by atoms with Gasteiger partial charge in [-0.1, -0.05) is 28.1 Å². The predicted octanol–water partition coefficient (Wildman–Crippen LogP) is 2.81. The average Bonchev–Trinajstić information content (AvgIpc) is 2.79. The van der Waals surface area contributed by atoms with Crippen molar-refractivity contribution in [2.75, 3.05) is 26.7 Å². The van der Waals surface area contributed by atoms with Crippen molar-refractivity contribution in [1.29, 1.82) is 0 Å². The van der Waals surface area contributed by atoms with Crippen molar-refractivity contribution >= 4 is 15.9 Å². The smallest absolute Gasteiger partial charge is 0.0472 e. The molecule has 1 heterocycles. The highest BCUT2D eigenvalue weighted by molar-refractivity contribution is 9.10. The maximum absolute atomic E-state index is 3.55. The van der Waals surface area contributed by atoms with Gasteiger partial charge in [-0.15, -0.1) is 0 Å². The summed E-state index contributed by atoms with van der Waals surface area (Å²) in [4.78, 5) is 2.58. The third kappa shape index (κ3) is 2.84. The Bertz CT molecular complexity index is 334. The zero-order valence-corrected chi connectivity index (χ0v) is 11.3. The Balaban J connectivity index is 2.17. The van der Waals surface area contributed by atoms with Gasteiger partial charge in [0.05, 0.1) is 0 Å². The number of hydrogen-bond acceptors (Lipinski definition) is 2. The fourth-order valence-corrected chi connectivity index (χ4v) is 2.84. The van der Waals surface area contributed by atoms with Crippen LogP contribution in [0.15, 0.2) is 28.7 Å². The number of hydrogen-bond donors (Lipinski definition) is 1. The molecule has 1 aromatic carbocycles. The first kappa shape index (κ1) is 12.1. The molecule has 0 saturated carbocycles. The largest absolute Gasteiger partial charge is 0.318 e. The molecule has 1 aliphatic rings. The summed E-state index contributed by atoms with van der Waals surface area (Å²) in [6.07, 6.45) is 2.68. The van der Waals surface area contributed by atoms with Crippen LogP contribution in [0, 0.1) is 0 Å². The van der Waals surface area contributed by atoms with Crippen LogP contribution in [0.5, 0.6) is 0 Å². The number of halogens is 1. The highest BCUT2D eigenvalue weighted by Gasteiger charge is 2.22. The molecule has 0 amide bonds. The van der Waals surface area contributed by atoms with E-state index in [0.29, 0.717) is 6.04 Å². The second-order valence-corrected chi connectivity index (χ2v) is 5.29. The van der Waals surface area contributed by atoms with Crippen LogP contribution in [-0.2, 0) is 0 Å². The monoisotopic (exact) mass is 282 g/mol. The van der Waals surface area contributed by atoms with Gasteiger partial charge in [0.1, 0.15) is 0 Å². The molecule has 0 bridgehead atoms. The molecule has 16 heavy (non-hydrogen) atoms. The Morgan fingerprint density at radius 1 is 1.38 bits per heavy atom. The topological polar surface area (TPSA) is 15.3 Å². The zero-order valence-electron chi connectivity index (χ0n) is 9.75. The van der Waals surface area contributed by atoms with Crippen LogP contribution in [-0.4, -0.2) is 31.6 Å². The molecule has 2 nitrogen and oxygen atoms in total. The van der Waals surface area contributed by atoms with Gasteiger partial charge in [-0.05, 0) is 50.7 Å². The summed E-state index contributed by atoms with van der Waals surface area (Å²) in [5, 5.41) is 3.31. The molecule has 0 aliphatic carbocycles. The second kappa shape index (κ2) is 5.80. The maximum Gasteiger partial charge on any atom is 0.0472 e. The molecule has 0 aromatic heterocycles. The van der Waals surface area contributed by atoms with Gasteiger partial charge in [-0.2, -0.15) is 0 Å². The lowest BCUT2D eigenvalue weighted by Crippen LogP contribution is -2.32. The SMILES string of the molecule is CNCC(c1cccc(Br)c1)N1CCCC1. The Labute approximate surface area is 106 Å². The quantitative estimate of drug-likeness (QED) is 0.914. The number of nitrogens with one attached hydrogen (secondary N) is 1. The Morgan fingerprint density at radius 3 is 2.75 bits per heavy atom. The van der Waals surface area contributed by atoms with Gasteiger partial charge in [0, 0.05) is 17.1 Å². The predicted molar refractivity (Wildman–Crippen MR) is 71.6 cm³/mol. The van der Waals surface area contributed by atoms with E-state index in [0.717, 1.165) is 6.54 Å². The van der Waals surface area contributed by atoms with Gasteiger partial charge < -0.3 is 5.32 Å². The van der Waals surface area contributed by atoms with E-state index >= 15 is 0 Å². The minimum Gasteiger partial charge on any atom is -0.318 e. The van der Waals surface area contributed by atoms with Crippen molar-refractivity contribution in [2.45, 2.75) is 18.9 Å². The van der Waals surface area contributed by atoms with Gasteiger partial charge in [-0.25, -0.2) is 0 Å². The number of nitrogens with zero attached hydrogens (tertiary/aromatic N) is 1. The molecule has 3 heteroatoms. The van der Waals surface area contributed by atoms with Crippen LogP contribution in [0.3, 0.4) is 0 Å². The standard InChI is InChI=1S/C13H19BrN2/c1-15-10-13(16-7-2-3-8-16)11-5-4-6-12(14)9-11/h4-6,9,13,15H,2-3,7-8,10H2,1H3. The molecule has 1 N–H and O–H groups in total. The van der Waals surface area contributed by atoms with Gasteiger partial charge >= 0.3 is 0 Å². The third-order valence-electron chi connectivity index (χ3n) is 3.21. The maximum atomic E-state index is 3.55.